The Kier molecular flexibility index (Phi) is 8.39. The van der Waals surface area contributed by atoms with Gasteiger partial charge in [0.05, 0.1) is 7.11 Å². The summed E-state index contributed by atoms with van der Waals surface area (Å²) in [5.41, 5.74) is 1.90. The van der Waals surface area contributed by atoms with Crippen LogP contribution in [0.5, 0.6) is 5.75 Å². The minimum Gasteiger partial charge on any atom is -0.496 e. The Labute approximate surface area is 153 Å². The van der Waals surface area contributed by atoms with Gasteiger partial charge in [0.25, 0.3) is 0 Å². The average molecular weight is 429 g/mol. The topological polar surface area (TPSA) is 45.7 Å². The molecule has 0 fully saturated rings. The molecule has 0 saturated heterocycles. The number of halogens is 2. The SMILES string of the molecule is CN=C(NCc1cccc(F)c1)NCc1ccccc1OC.I. The first-order chi connectivity index (χ1) is 10.7. The van der Waals surface area contributed by atoms with Gasteiger partial charge in [-0.2, -0.15) is 0 Å². The normalized spacial score (nSPS) is 10.7. The number of hydrogen-bond acceptors (Lipinski definition) is 2. The number of para-hydroxylation sites is 1. The smallest absolute Gasteiger partial charge is 0.191 e. The molecule has 0 aliphatic rings. The summed E-state index contributed by atoms with van der Waals surface area (Å²) in [5, 5.41) is 6.36. The van der Waals surface area contributed by atoms with Crippen molar-refractivity contribution in [1.29, 1.82) is 0 Å². The number of benzene rings is 2. The van der Waals surface area contributed by atoms with E-state index >= 15 is 0 Å². The summed E-state index contributed by atoms with van der Waals surface area (Å²) in [6.07, 6.45) is 0. The van der Waals surface area contributed by atoms with Crippen LogP contribution in [0, 0.1) is 5.82 Å². The van der Waals surface area contributed by atoms with E-state index in [1.165, 1.54) is 12.1 Å². The number of nitrogens with zero attached hydrogens (tertiary/aromatic N) is 1. The van der Waals surface area contributed by atoms with Gasteiger partial charge < -0.3 is 15.4 Å². The minimum absolute atomic E-state index is 0. The van der Waals surface area contributed by atoms with E-state index in [1.807, 2.05) is 30.3 Å². The average Bonchev–Trinajstić information content (AvgIpc) is 2.55. The predicted octanol–water partition coefficient (Wildman–Crippen LogP) is 3.32. The molecule has 0 radical (unpaired) electrons. The summed E-state index contributed by atoms with van der Waals surface area (Å²) in [6, 6.07) is 14.3. The number of ether oxygens (including phenoxy) is 1. The molecule has 124 valence electrons. The molecule has 4 nitrogen and oxygen atoms in total. The number of methoxy groups -OCH3 is 1. The predicted molar refractivity (Wildman–Crippen MR) is 102 cm³/mol. The largest absolute Gasteiger partial charge is 0.496 e. The molecule has 0 spiro atoms. The highest BCUT2D eigenvalue weighted by molar-refractivity contribution is 14.0. The maximum absolute atomic E-state index is 13.1. The fraction of sp³-hybridized carbons (Fsp3) is 0.235. The maximum Gasteiger partial charge on any atom is 0.191 e. The third-order valence-corrected chi connectivity index (χ3v) is 3.21. The second-order valence-electron chi connectivity index (χ2n) is 4.72. The molecular formula is C17H21FIN3O. The first kappa shape index (κ1) is 19.2. The van der Waals surface area contributed by atoms with E-state index in [4.69, 9.17) is 4.74 Å². The van der Waals surface area contributed by atoms with Gasteiger partial charge >= 0.3 is 0 Å². The van der Waals surface area contributed by atoms with Gasteiger partial charge in [0.2, 0.25) is 0 Å². The van der Waals surface area contributed by atoms with Crippen LogP contribution in [0.4, 0.5) is 4.39 Å². The molecule has 0 heterocycles. The maximum atomic E-state index is 13.1. The van der Waals surface area contributed by atoms with Crippen LogP contribution in [0.15, 0.2) is 53.5 Å². The molecule has 2 aromatic rings. The molecule has 23 heavy (non-hydrogen) atoms. The summed E-state index contributed by atoms with van der Waals surface area (Å²) in [7, 11) is 3.35. The Morgan fingerprint density at radius 1 is 1.09 bits per heavy atom. The zero-order valence-corrected chi connectivity index (χ0v) is 15.5. The van der Waals surface area contributed by atoms with E-state index < -0.39 is 0 Å². The van der Waals surface area contributed by atoms with Gasteiger partial charge in [-0.3, -0.25) is 4.99 Å². The molecule has 0 unspecified atom stereocenters. The lowest BCUT2D eigenvalue weighted by molar-refractivity contribution is 0.409. The molecule has 0 aliphatic heterocycles. The van der Waals surface area contributed by atoms with Gasteiger partial charge in [0.15, 0.2) is 5.96 Å². The van der Waals surface area contributed by atoms with Gasteiger partial charge in [-0.25, -0.2) is 4.39 Å². The van der Waals surface area contributed by atoms with Crippen LogP contribution in [-0.2, 0) is 13.1 Å². The van der Waals surface area contributed by atoms with Crippen molar-refractivity contribution in [1.82, 2.24) is 10.6 Å². The molecule has 0 saturated carbocycles. The minimum atomic E-state index is -0.240. The highest BCUT2D eigenvalue weighted by Crippen LogP contribution is 2.16. The number of guanidine groups is 1. The van der Waals surface area contributed by atoms with Gasteiger partial charge in [0, 0.05) is 25.7 Å². The Morgan fingerprint density at radius 2 is 1.83 bits per heavy atom. The molecule has 0 aliphatic carbocycles. The molecule has 0 aromatic heterocycles. The van der Waals surface area contributed by atoms with Crippen molar-refractivity contribution in [3.05, 3.63) is 65.5 Å². The van der Waals surface area contributed by atoms with Crippen molar-refractivity contribution in [3.63, 3.8) is 0 Å². The van der Waals surface area contributed by atoms with E-state index in [0.717, 1.165) is 16.9 Å². The lowest BCUT2D eigenvalue weighted by Crippen LogP contribution is -2.36. The van der Waals surface area contributed by atoms with E-state index in [1.54, 1.807) is 20.2 Å². The van der Waals surface area contributed by atoms with Gasteiger partial charge in [0.1, 0.15) is 11.6 Å². The highest BCUT2D eigenvalue weighted by Gasteiger charge is 2.03. The first-order valence-corrected chi connectivity index (χ1v) is 7.04. The van der Waals surface area contributed by atoms with Crippen molar-refractivity contribution in [2.75, 3.05) is 14.2 Å². The Morgan fingerprint density at radius 3 is 2.52 bits per heavy atom. The lowest BCUT2D eigenvalue weighted by Gasteiger charge is -2.13. The fourth-order valence-electron chi connectivity index (χ4n) is 2.08. The molecule has 0 atom stereocenters. The van der Waals surface area contributed by atoms with Crippen molar-refractivity contribution in [3.8, 4) is 5.75 Å². The standard InChI is InChI=1S/C17H20FN3O.HI/c1-19-17(20-11-13-6-5-8-15(18)10-13)21-12-14-7-3-4-9-16(14)22-2;/h3-10H,11-12H2,1-2H3,(H2,19,20,21);1H. The molecule has 0 amide bonds. The third-order valence-electron chi connectivity index (χ3n) is 3.21. The summed E-state index contributed by atoms with van der Waals surface area (Å²) in [6.45, 7) is 1.09. The van der Waals surface area contributed by atoms with Crippen molar-refractivity contribution in [2.24, 2.45) is 4.99 Å². The number of hydrogen-bond donors (Lipinski definition) is 2. The molecule has 6 heteroatoms. The van der Waals surface area contributed by atoms with E-state index in [9.17, 15) is 4.39 Å². The molecule has 2 N–H and O–H groups in total. The third kappa shape index (κ3) is 6.05. The van der Waals surface area contributed by atoms with Crippen LogP contribution in [-0.4, -0.2) is 20.1 Å². The number of aliphatic imine (C=N–C) groups is 1. The summed E-state index contributed by atoms with van der Waals surface area (Å²) in [5.74, 6) is 1.24. The van der Waals surface area contributed by atoms with Crippen LogP contribution < -0.4 is 15.4 Å². The zero-order chi connectivity index (χ0) is 15.8. The van der Waals surface area contributed by atoms with E-state index in [-0.39, 0.29) is 29.8 Å². The van der Waals surface area contributed by atoms with Gasteiger partial charge in [-0.05, 0) is 23.8 Å². The quantitative estimate of drug-likeness (QED) is 0.436. The Bertz CT molecular complexity index is 649. The molecule has 2 aromatic carbocycles. The Balaban J connectivity index is 0.00000264. The molecule has 0 bridgehead atoms. The summed E-state index contributed by atoms with van der Waals surface area (Å²) >= 11 is 0. The van der Waals surface area contributed by atoms with Crippen molar-refractivity contribution >= 4 is 29.9 Å². The fourth-order valence-corrected chi connectivity index (χ4v) is 2.08. The second-order valence-corrected chi connectivity index (χ2v) is 4.72. The van der Waals surface area contributed by atoms with E-state index in [0.29, 0.717) is 19.0 Å². The number of nitrogens with one attached hydrogen (secondary N) is 2. The van der Waals surface area contributed by atoms with Crippen molar-refractivity contribution < 1.29 is 9.13 Å². The van der Waals surface area contributed by atoms with Crippen LogP contribution in [0.2, 0.25) is 0 Å². The summed E-state index contributed by atoms with van der Waals surface area (Å²) in [4.78, 5) is 4.16. The van der Waals surface area contributed by atoms with Crippen LogP contribution in [0.25, 0.3) is 0 Å². The van der Waals surface area contributed by atoms with Crippen LogP contribution >= 0.6 is 24.0 Å². The van der Waals surface area contributed by atoms with Crippen molar-refractivity contribution in [2.45, 2.75) is 13.1 Å². The Hall–Kier alpha value is -1.83. The van der Waals surface area contributed by atoms with E-state index in [2.05, 4.69) is 15.6 Å². The zero-order valence-electron chi connectivity index (χ0n) is 13.2. The lowest BCUT2D eigenvalue weighted by atomic mass is 10.2. The first-order valence-electron chi connectivity index (χ1n) is 7.04. The van der Waals surface area contributed by atoms with Crippen LogP contribution in [0.1, 0.15) is 11.1 Å². The molecular weight excluding hydrogens is 408 g/mol. The monoisotopic (exact) mass is 429 g/mol. The number of rotatable bonds is 5. The van der Waals surface area contributed by atoms with Crippen LogP contribution in [0.3, 0.4) is 0 Å². The second kappa shape index (κ2) is 10.0. The van der Waals surface area contributed by atoms with Gasteiger partial charge in [-0.1, -0.05) is 30.3 Å². The van der Waals surface area contributed by atoms with Gasteiger partial charge in [-0.15, -0.1) is 24.0 Å². The highest BCUT2D eigenvalue weighted by atomic mass is 127. The molecule has 2 rings (SSSR count). The summed E-state index contributed by atoms with van der Waals surface area (Å²) < 4.78 is 18.5.